The SMILES string of the molecule is CC/C(N=O)=N\Nc1cc(-c2ccccc2)ccc1OC. The van der Waals surface area contributed by atoms with Gasteiger partial charge in [0.15, 0.2) is 5.84 Å². The van der Waals surface area contributed by atoms with Gasteiger partial charge in [0.25, 0.3) is 0 Å². The van der Waals surface area contributed by atoms with Crippen LogP contribution in [0.5, 0.6) is 5.75 Å². The molecule has 2 aromatic carbocycles. The molecule has 0 saturated carbocycles. The van der Waals surface area contributed by atoms with E-state index in [1.165, 1.54) is 0 Å². The molecule has 0 aliphatic heterocycles. The third-order valence-corrected chi connectivity index (χ3v) is 3.03. The van der Waals surface area contributed by atoms with Gasteiger partial charge in [-0.15, -0.1) is 4.91 Å². The highest BCUT2D eigenvalue weighted by atomic mass is 16.5. The molecule has 21 heavy (non-hydrogen) atoms. The molecule has 0 saturated heterocycles. The van der Waals surface area contributed by atoms with Crippen molar-refractivity contribution in [2.45, 2.75) is 13.3 Å². The third kappa shape index (κ3) is 3.66. The van der Waals surface area contributed by atoms with Gasteiger partial charge in [-0.05, 0) is 28.4 Å². The molecular formula is C16H17N3O2. The van der Waals surface area contributed by atoms with Crippen molar-refractivity contribution in [3.05, 3.63) is 53.4 Å². The van der Waals surface area contributed by atoms with Crippen LogP contribution in [-0.4, -0.2) is 12.9 Å². The Morgan fingerprint density at radius 1 is 1.14 bits per heavy atom. The fourth-order valence-electron chi connectivity index (χ4n) is 1.89. The molecule has 0 aromatic heterocycles. The van der Waals surface area contributed by atoms with E-state index in [1.807, 2.05) is 55.5 Å². The first-order valence-corrected chi connectivity index (χ1v) is 6.68. The summed E-state index contributed by atoms with van der Waals surface area (Å²) in [6, 6.07) is 15.8. The number of hydrogen-bond acceptors (Lipinski definition) is 4. The predicted molar refractivity (Wildman–Crippen MR) is 85.6 cm³/mol. The number of nitrogens with zero attached hydrogens (tertiary/aromatic N) is 2. The summed E-state index contributed by atoms with van der Waals surface area (Å²) in [6.45, 7) is 1.82. The molecule has 0 radical (unpaired) electrons. The van der Waals surface area contributed by atoms with E-state index >= 15 is 0 Å². The molecule has 0 spiro atoms. The molecule has 0 aliphatic carbocycles. The zero-order valence-corrected chi connectivity index (χ0v) is 12.0. The molecule has 5 heteroatoms. The molecule has 0 aliphatic rings. The molecule has 0 bridgehead atoms. The van der Waals surface area contributed by atoms with E-state index in [-0.39, 0.29) is 5.84 Å². The number of ether oxygens (including phenoxy) is 1. The lowest BCUT2D eigenvalue weighted by Gasteiger charge is -2.10. The lowest BCUT2D eigenvalue weighted by atomic mass is 10.1. The van der Waals surface area contributed by atoms with Crippen LogP contribution in [0.15, 0.2) is 58.8 Å². The number of anilines is 1. The normalized spacial score (nSPS) is 11.0. The average Bonchev–Trinajstić information content (AvgIpc) is 2.56. The van der Waals surface area contributed by atoms with Crippen molar-refractivity contribution < 1.29 is 4.74 Å². The summed E-state index contributed by atoms with van der Waals surface area (Å²) in [5, 5.41) is 6.84. The zero-order chi connectivity index (χ0) is 15.1. The summed E-state index contributed by atoms with van der Waals surface area (Å²) in [7, 11) is 1.59. The van der Waals surface area contributed by atoms with Crippen molar-refractivity contribution in [1.29, 1.82) is 0 Å². The zero-order valence-electron chi connectivity index (χ0n) is 12.0. The smallest absolute Gasteiger partial charge is 0.192 e. The summed E-state index contributed by atoms with van der Waals surface area (Å²) in [5.41, 5.74) is 5.66. The first-order chi connectivity index (χ1) is 10.3. The Bertz CT molecular complexity index is 639. The van der Waals surface area contributed by atoms with E-state index in [0.717, 1.165) is 11.1 Å². The number of rotatable bonds is 5. The number of hydrogen-bond donors (Lipinski definition) is 1. The van der Waals surface area contributed by atoms with E-state index in [4.69, 9.17) is 4.74 Å². The van der Waals surface area contributed by atoms with Gasteiger partial charge in [-0.2, -0.15) is 5.10 Å². The number of hydrazone groups is 1. The standard InChI is InChI=1S/C16H17N3O2/c1-3-16(19-20)18-17-14-11-13(9-10-15(14)21-2)12-7-5-4-6-8-12/h4-11,17H,3H2,1-2H3/b18-16+. The number of benzene rings is 2. The molecule has 2 aromatic rings. The highest BCUT2D eigenvalue weighted by molar-refractivity contribution is 5.83. The van der Waals surface area contributed by atoms with Crippen molar-refractivity contribution in [3.8, 4) is 16.9 Å². The fourth-order valence-corrected chi connectivity index (χ4v) is 1.89. The lowest BCUT2D eigenvalue weighted by molar-refractivity contribution is 0.416. The second-order valence-electron chi connectivity index (χ2n) is 4.37. The van der Waals surface area contributed by atoms with E-state index in [0.29, 0.717) is 17.9 Å². The van der Waals surface area contributed by atoms with Crippen molar-refractivity contribution in [2.24, 2.45) is 10.3 Å². The Morgan fingerprint density at radius 2 is 1.90 bits per heavy atom. The van der Waals surface area contributed by atoms with Crippen molar-refractivity contribution in [1.82, 2.24) is 0 Å². The van der Waals surface area contributed by atoms with Crippen molar-refractivity contribution in [2.75, 3.05) is 12.5 Å². The Balaban J connectivity index is 2.35. The molecule has 0 heterocycles. The van der Waals surface area contributed by atoms with Gasteiger partial charge >= 0.3 is 0 Å². The summed E-state index contributed by atoms with van der Waals surface area (Å²) >= 11 is 0. The lowest BCUT2D eigenvalue weighted by Crippen LogP contribution is -1.99. The van der Waals surface area contributed by atoms with Crippen LogP contribution in [0, 0.1) is 4.91 Å². The summed E-state index contributed by atoms with van der Waals surface area (Å²) in [4.78, 5) is 10.5. The third-order valence-electron chi connectivity index (χ3n) is 3.03. The molecule has 108 valence electrons. The molecule has 0 fully saturated rings. The largest absolute Gasteiger partial charge is 0.495 e. The summed E-state index contributed by atoms with van der Waals surface area (Å²) in [5.74, 6) is 0.863. The minimum absolute atomic E-state index is 0.210. The molecule has 5 nitrogen and oxygen atoms in total. The van der Waals surface area contributed by atoms with Crippen LogP contribution in [0.25, 0.3) is 11.1 Å². The van der Waals surface area contributed by atoms with Crippen LogP contribution in [0.4, 0.5) is 5.69 Å². The van der Waals surface area contributed by atoms with Gasteiger partial charge in [0.1, 0.15) is 5.75 Å². The first kappa shape index (κ1) is 14.7. The Labute approximate surface area is 123 Å². The van der Waals surface area contributed by atoms with Crippen LogP contribution >= 0.6 is 0 Å². The van der Waals surface area contributed by atoms with E-state index in [9.17, 15) is 4.91 Å². The fraction of sp³-hybridized carbons (Fsp3) is 0.188. The van der Waals surface area contributed by atoms with Crippen LogP contribution in [0.1, 0.15) is 13.3 Å². The summed E-state index contributed by atoms with van der Waals surface area (Å²) in [6.07, 6.45) is 0.469. The average molecular weight is 283 g/mol. The van der Waals surface area contributed by atoms with Crippen molar-refractivity contribution in [3.63, 3.8) is 0 Å². The minimum atomic E-state index is 0.210. The van der Waals surface area contributed by atoms with E-state index in [1.54, 1.807) is 7.11 Å². The Hall–Kier alpha value is -2.69. The summed E-state index contributed by atoms with van der Waals surface area (Å²) < 4.78 is 5.30. The van der Waals surface area contributed by atoms with Gasteiger partial charge in [-0.3, -0.25) is 5.43 Å². The van der Waals surface area contributed by atoms with Crippen molar-refractivity contribution >= 4 is 11.5 Å². The van der Waals surface area contributed by atoms with Crippen LogP contribution in [-0.2, 0) is 0 Å². The molecule has 0 amide bonds. The highest BCUT2D eigenvalue weighted by Crippen LogP contribution is 2.30. The Morgan fingerprint density at radius 3 is 2.52 bits per heavy atom. The number of nitroso groups, excluding NO2 is 1. The number of nitrogens with one attached hydrogen (secondary N) is 1. The number of amidine groups is 1. The van der Waals surface area contributed by atoms with Gasteiger partial charge in [0.2, 0.25) is 0 Å². The van der Waals surface area contributed by atoms with Gasteiger partial charge in [0.05, 0.1) is 12.8 Å². The predicted octanol–water partition coefficient (Wildman–Crippen LogP) is 4.26. The number of methoxy groups -OCH3 is 1. The second kappa shape index (κ2) is 7.19. The van der Waals surface area contributed by atoms with Gasteiger partial charge in [-0.25, -0.2) is 0 Å². The molecule has 0 unspecified atom stereocenters. The maximum absolute atomic E-state index is 10.5. The molecule has 1 N–H and O–H groups in total. The second-order valence-corrected chi connectivity index (χ2v) is 4.37. The van der Waals surface area contributed by atoms with Gasteiger partial charge < -0.3 is 4.74 Å². The maximum Gasteiger partial charge on any atom is 0.192 e. The monoisotopic (exact) mass is 283 g/mol. The van der Waals surface area contributed by atoms with Crippen LogP contribution < -0.4 is 10.2 Å². The molecule has 2 rings (SSSR count). The molecule has 0 atom stereocenters. The van der Waals surface area contributed by atoms with Gasteiger partial charge in [-0.1, -0.05) is 43.3 Å². The van der Waals surface area contributed by atoms with Crippen LogP contribution in [0.3, 0.4) is 0 Å². The maximum atomic E-state index is 10.5. The Kier molecular flexibility index (Phi) is 5.04. The van der Waals surface area contributed by atoms with E-state index in [2.05, 4.69) is 15.7 Å². The highest BCUT2D eigenvalue weighted by Gasteiger charge is 2.06. The van der Waals surface area contributed by atoms with E-state index < -0.39 is 0 Å². The minimum Gasteiger partial charge on any atom is -0.495 e. The molecular weight excluding hydrogens is 266 g/mol. The first-order valence-electron chi connectivity index (χ1n) is 6.68. The van der Waals surface area contributed by atoms with Gasteiger partial charge in [0, 0.05) is 6.42 Å². The topological polar surface area (TPSA) is 63.0 Å². The van der Waals surface area contributed by atoms with Crippen LogP contribution in [0.2, 0.25) is 0 Å². The quantitative estimate of drug-likeness (QED) is 0.386.